The lowest BCUT2D eigenvalue weighted by atomic mass is 10.1. The van der Waals surface area contributed by atoms with Gasteiger partial charge < -0.3 is 5.32 Å². The molecule has 0 unspecified atom stereocenters. The second-order valence-corrected chi connectivity index (χ2v) is 4.29. The molecule has 1 fully saturated rings. The molecule has 0 heterocycles. The first-order chi connectivity index (χ1) is 6.65. The highest BCUT2D eigenvalue weighted by Gasteiger charge is 2.27. The van der Waals surface area contributed by atoms with Crippen molar-refractivity contribution in [2.75, 3.05) is 5.32 Å². The predicted molar refractivity (Wildman–Crippen MR) is 56.9 cm³/mol. The molecule has 0 spiro atoms. The first kappa shape index (κ1) is 9.50. The molecule has 1 aliphatic carbocycles. The maximum Gasteiger partial charge on any atom is 0.125 e. The van der Waals surface area contributed by atoms with E-state index in [0.717, 1.165) is 17.2 Å². The highest BCUT2D eigenvalue weighted by atomic mass is 19.1. The van der Waals surface area contributed by atoms with Crippen LogP contribution in [0.4, 0.5) is 10.1 Å². The minimum Gasteiger partial charge on any atom is -0.382 e. The van der Waals surface area contributed by atoms with E-state index in [1.165, 1.54) is 12.8 Å². The van der Waals surface area contributed by atoms with E-state index in [1.807, 2.05) is 13.0 Å². The quantitative estimate of drug-likeness (QED) is 0.776. The van der Waals surface area contributed by atoms with Gasteiger partial charge in [0.05, 0.1) is 0 Å². The summed E-state index contributed by atoms with van der Waals surface area (Å²) in [5, 5.41) is 3.35. The van der Waals surface area contributed by atoms with Crippen LogP contribution < -0.4 is 5.32 Å². The van der Waals surface area contributed by atoms with E-state index in [4.69, 9.17) is 0 Å². The Balaban J connectivity index is 2.07. The summed E-state index contributed by atoms with van der Waals surface area (Å²) in [7, 11) is 0. The second-order valence-electron chi connectivity index (χ2n) is 4.29. The van der Waals surface area contributed by atoms with E-state index in [2.05, 4.69) is 12.2 Å². The van der Waals surface area contributed by atoms with Crippen LogP contribution >= 0.6 is 0 Å². The van der Waals surface area contributed by atoms with Crippen molar-refractivity contribution in [3.63, 3.8) is 0 Å². The Morgan fingerprint density at radius 3 is 2.64 bits per heavy atom. The summed E-state index contributed by atoms with van der Waals surface area (Å²) in [6.07, 6.45) is 2.62. The molecule has 14 heavy (non-hydrogen) atoms. The van der Waals surface area contributed by atoms with Crippen molar-refractivity contribution in [3.05, 3.63) is 29.6 Å². The predicted octanol–water partition coefficient (Wildman–Crippen LogP) is 3.34. The lowest BCUT2D eigenvalue weighted by Crippen LogP contribution is -2.17. The van der Waals surface area contributed by atoms with Crippen LogP contribution in [0.3, 0.4) is 0 Å². The number of anilines is 1. The summed E-state index contributed by atoms with van der Waals surface area (Å²) >= 11 is 0. The Morgan fingerprint density at radius 2 is 2.07 bits per heavy atom. The fourth-order valence-electron chi connectivity index (χ4n) is 1.80. The normalized spacial score (nSPS) is 17.9. The topological polar surface area (TPSA) is 12.0 Å². The summed E-state index contributed by atoms with van der Waals surface area (Å²) in [5.41, 5.74) is 1.87. The fourth-order valence-corrected chi connectivity index (χ4v) is 1.80. The zero-order chi connectivity index (χ0) is 10.1. The number of benzene rings is 1. The fraction of sp³-hybridized carbons (Fsp3) is 0.500. The van der Waals surface area contributed by atoms with Crippen LogP contribution in [-0.4, -0.2) is 6.04 Å². The number of hydrogen-bond acceptors (Lipinski definition) is 1. The van der Waals surface area contributed by atoms with Gasteiger partial charge in [-0.25, -0.2) is 4.39 Å². The van der Waals surface area contributed by atoms with Crippen LogP contribution in [0.25, 0.3) is 0 Å². The van der Waals surface area contributed by atoms with E-state index in [1.54, 1.807) is 12.1 Å². The molecule has 1 aromatic rings. The molecule has 0 aliphatic heterocycles. The van der Waals surface area contributed by atoms with E-state index < -0.39 is 0 Å². The van der Waals surface area contributed by atoms with E-state index >= 15 is 0 Å². The van der Waals surface area contributed by atoms with Gasteiger partial charge in [-0.05, 0) is 56.4 Å². The minimum atomic E-state index is -0.157. The Labute approximate surface area is 84.3 Å². The minimum absolute atomic E-state index is 0.157. The van der Waals surface area contributed by atoms with Crippen molar-refractivity contribution >= 4 is 5.69 Å². The van der Waals surface area contributed by atoms with Crippen LogP contribution in [0.2, 0.25) is 0 Å². The summed E-state index contributed by atoms with van der Waals surface area (Å²) in [4.78, 5) is 0. The Morgan fingerprint density at radius 1 is 1.36 bits per heavy atom. The number of hydrogen-bond donors (Lipinski definition) is 1. The smallest absolute Gasteiger partial charge is 0.125 e. The van der Waals surface area contributed by atoms with Crippen molar-refractivity contribution in [1.82, 2.24) is 0 Å². The maximum absolute atomic E-state index is 13.1. The first-order valence-corrected chi connectivity index (χ1v) is 5.19. The molecule has 0 amide bonds. The lowest BCUT2D eigenvalue weighted by molar-refractivity contribution is 0.625. The van der Waals surface area contributed by atoms with Crippen LogP contribution in [0, 0.1) is 18.7 Å². The van der Waals surface area contributed by atoms with Gasteiger partial charge in [-0.15, -0.1) is 0 Å². The molecular weight excluding hydrogens is 177 g/mol. The summed E-state index contributed by atoms with van der Waals surface area (Å²) in [6, 6.07) is 5.57. The third kappa shape index (κ3) is 2.25. The van der Waals surface area contributed by atoms with E-state index in [-0.39, 0.29) is 5.82 Å². The van der Waals surface area contributed by atoms with E-state index in [0.29, 0.717) is 6.04 Å². The first-order valence-electron chi connectivity index (χ1n) is 5.19. The number of nitrogens with one attached hydrogen (secondary N) is 1. The highest BCUT2D eigenvalue weighted by Crippen LogP contribution is 2.34. The van der Waals surface area contributed by atoms with Gasteiger partial charge in [0.15, 0.2) is 0 Å². The largest absolute Gasteiger partial charge is 0.382 e. The van der Waals surface area contributed by atoms with Gasteiger partial charge in [-0.3, -0.25) is 0 Å². The third-order valence-electron chi connectivity index (χ3n) is 2.77. The Hall–Kier alpha value is -1.05. The average Bonchev–Trinajstić information content (AvgIpc) is 2.82. The van der Waals surface area contributed by atoms with Crippen molar-refractivity contribution in [2.45, 2.75) is 32.7 Å². The second kappa shape index (κ2) is 3.60. The number of rotatable bonds is 3. The van der Waals surface area contributed by atoms with Gasteiger partial charge in [0.2, 0.25) is 0 Å². The van der Waals surface area contributed by atoms with Gasteiger partial charge in [0, 0.05) is 11.7 Å². The van der Waals surface area contributed by atoms with Gasteiger partial charge >= 0.3 is 0 Å². The molecule has 0 bridgehead atoms. The molecule has 1 aliphatic rings. The summed E-state index contributed by atoms with van der Waals surface area (Å²) in [6.45, 7) is 4.08. The van der Waals surface area contributed by atoms with Gasteiger partial charge in [0.1, 0.15) is 5.82 Å². The van der Waals surface area contributed by atoms with Crippen LogP contribution in [-0.2, 0) is 0 Å². The van der Waals surface area contributed by atoms with Crippen LogP contribution in [0.1, 0.15) is 25.3 Å². The average molecular weight is 193 g/mol. The molecule has 0 aromatic heterocycles. The molecule has 0 radical (unpaired) electrons. The van der Waals surface area contributed by atoms with Crippen LogP contribution in [0.5, 0.6) is 0 Å². The highest BCUT2D eigenvalue weighted by molar-refractivity contribution is 5.46. The van der Waals surface area contributed by atoms with Crippen molar-refractivity contribution in [2.24, 2.45) is 5.92 Å². The molecule has 1 atom stereocenters. The van der Waals surface area contributed by atoms with Gasteiger partial charge in [-0.1, -0.05) is 0 Å². The Kier molecular flexibility index (Phi) is 2.44. The van der Waals surface area contributed by atoms with Gasteiger partial charge in [-0.2, -0.15) is 0 Å². The monoisotopic (exact) mass is 193 g/mol. The summed E-state index contributed by atoms with van der Waals surface area (Å²) in [5.74, 6) is 0.633. The Bertz CT molecular complexity index is 311. The third-order valence-corrected chi connectivity index (χ3v) is 2.77. The van der Waals surface area contributed by atoms with Crippen LogP contribution in [0.15, 0.2) is 18.2 Å². The molecule has 1 nitrogen and oxygen atoms in total. The zero-order valence-corrected chi connectivity index (χ0v) is 8.68. The molecule has 1 saturated carbocycles. The molecular formula is C12H16FN. The summed E-state index contributed by atoms with van der Waals surface area (Å²) < 4.78 is 13.1. The van der Waals surface area contributed by atoms with Crippen molar-refractivity contribution in [3.8, 4) is 0 Å². The molecule has 2 heteroatoms. The number of halogens is 1. The maximum atomic E-state index is 13.1. The van der Waals surface area contributed by atoms with Crippen molar-refractivity contribution in [1.29, 1.82) is 0 Å². The lowest BCUT2D eigenvalue weighted by Gasteiger charge is -2.14. The SMILES string of the molecule is Cc1cc(F)cc(N[C@@H](C)C2CC2)c1. The molecule has 2 rings (SSSR count). The van der Waals surface area contributed by atoms with Gasteiger partial charge in [0.25, 0.3) is 0 Å². The molecule has 1 aromatic carbocycles. The zero-order valence-electron chi connectivity index (χ0n) is 8.68. The van der Waals surface area contributed by atoms with E-state index in [9.17, 15) is 4.39 Å². The standard InChI is InChI=1S/C12H16FN/c1-8-5-11(13)7-12(6-8)14-9(2)10-3-4-10/h5-7,9-10,14H,3-4H2,1-2H3/t9-/m0/s1. The molecule has 1 N–H and O–H groups in total. The molecule has 0 saturated heterocycles. The number of aryl methyl sites for hydroxylation is 1. The molecule has 76 valence electrons. The van der Waals surface area contributed by atoms with Crippen molar-refractivity contribution < 1.29 is 4.39 Å².